The lowest BCUT2D eigenvalue weighted by Crippen LogP contribution is -2.21. The van der Waals surface area contributed by atoms with Crippen molar-refractivity contribution in [2.45, 2.75) is 32.0 Å². The van der Waals surface area contributed by atoms with Gasteiger partial charge >= 0.3 is 0 Å². The van der Waals surface area contributed by atoms with Crippen LogP contribution in [0.2, 0.25) is 0 Å². The zero-order valence-corrected chi connectivity index (χ0v) is 14.3. The summed E-state index contributed by atoms with van der Waals surface area (Å²) in [5.74, 6) is 0.505. The third-order valence-corrected chi connectivity index (χ3v) is 3.95. The van der Waals surface area contributed by atoms with Crippen LogP contribution in [0.15, 0.2) is 36.4 Å². The molecular weight excluding hydrogens is 324 g/mol. The van der Waals surface area contributed by atoms with Gasteiger partial charge in [-0.15, -0.1) is 0 Å². The number of methoxy groups -OCH3 is 1. The smallest absolute Gasteiger partial charge is 0.161 e. The van der Waals surface area contributed by atoms with E-state index in [-0.39, 0.29) is 29.6 Å². The fourth-order valence-electron chi connectivity index (χ4n) is 2.52. The number of aliphatic hydroxyl groups excluding tert-OH is 2. The standard InChI is InChI=1S/C19H24O6/c1-12(19(23)14-6-7-15(21)18(11-14)24-2)25-17-8-5-13(4-3-9-20)10-16(17)22/h5-8,10-12,19-23H,3-4,9H2,1-2H3/t12-,19-/m0/s1. The van der Waals surface area contributed by atoms with Crippen LogP contribution >= 0.6 is 0 Å². The minimum Gasteiger partial charge on any atom is -0.504 e. The van der Waals surface area contributed by atoms with Crippen molar-refractivity contribution in [1.82, 2.24) is 0 Å². The maximum absolute atomic E-state index is 10.5. The molecule has 2 rings (SSSR count). The van der Waals surface area contributed by atoms with Gasteiger partial charge in [0.15, 0.2) is 23.0 Å². The van der Waals surface area contributed by atoms with Crippen LogP contribution < -0.4 is 9.47 Å². The summed E-state index contributed by atoms with van der Waals surface area (Å²) in [6.45, 7) is 1.78. The number of hydrogen-bond acceptors (Lipinski definition) is 6. The molecule has 6 nitrogen and oxygen atoms in total. The van der Waals surface area contributed by atoms with Gasteiger partial charge in [-0.1, -0.05) is 12.1 Å². The molecule has 136 valence electrons. The van der Waals surface area contributed by atoms with Gasteiger partial charge in [-0.3, -0.25) is 0 Å². The molecule has 25 heavy (non-hydrogen) atoms. The molecule has 6 heteroatoms. The molecule has 0 aromatic heterocycles. The normalized spacial score (nSPS) is 13.3. The second kappa shape index (κ2) is 8.60. The Morgan fingerprint density at radius 3 is 2.40 bits per heavy atom. The Bertz CT molecular complexity index is 700. The predicted molar refractivity (Wildman–Crippen MR) is 93.2 cm³/mol. The number of aryl methyl sites for hydroxylation is 1. The molecule has 0 heterocycles. The van der Waals surface area contributed by atoms with Crippen molar-refractivity contribution in [1.29, 1.82) is 0 Å². The number of ether oxygens (including phenoxy) is 2. The summed E-state index contributed by atoms with van der Waals surface area (Å²) in [4.78, 5) is 0. The van der Waals surface area contributed by atoms with Gasteiger partial charge in [0, 0.05) is 6.61 Å². The molecule has 2 atom stereocenters. The molecule has 0 bridgehead atoms. The lowest BCUT2D eigenvalue weighted by atomic mass is 10.0. The quantitative estimate of drug-likeness (QED) is 0.585. The van der Waals surface area contributed by atoms with E-state index in [9.17, 15) is 15.3 Å². The number of hydrogen-bond donors (Lipinski definition) is 4. The van der Waals surface area contributed by atoms with Crippen molar-refractivity contribution in [2.24, 2.45) is 0 Å². The monoisotopic (exact) mass is 348 g/mol. The highest BCUT2D eigenvalue weighted by atomic mass is 16.5. The Labute approximate surface area is 146 Å². The second-order valence-corrected chi connectivity index (χ2v) is 5.83. The molecule has 2 aromatic rings. The molecule has 0 saturated heterocycles. The molecule has 0 aliphatic carbocycles. The Morgan fingerprint density at radius 2 is 1.76 bits per heavy atom. The predicted octanol–water partition coefficient (Wildman–Crippen LogP) is 2.53. The van der Waals surface area contributed by atoms with Gasteiger partial charge in [0.05, 0.1) is 7.11 Å². The van der Waals surface area contributed by atoms with Crippen LogP contribution in [0.25, 0.3) is 0 Å². The van der Waals surface area contributed by atoms with Crippen molar-refractivity contribution >= 4 is 0 Å². The van der Waals surface area contributed by atoms with Crippen LogP contribution in [0, 0.1) is 0 Å². The molecule has 0 unspecified atom stereocenters. The van der Waals surface area contributed by atoms with Crippen molar-refractivity contribution in [3.63, 3.8) is 0 Å². The van der Waals surface area contributed by atoms with E-state index >= 15 is 0 Å². The van der Waals surface area contributed by atoms with E-state index in [1.54, 1.807) is 25.1 Å². The van der Waals surface area contributed by atoms with Gasteiger partial charge in [0.2, 0.25) is 0 Å². The number of aromatic hydroxyl groups is 2. The Kier molecular flexibility index (Phi) is 6.50. The Balaban J connectivity index is 2.09. The highest BCUT2D eigenvalue weighted by Gasteiger charge is 2.21. The van der Waals surface area contributed by atoms with E-state index in [0.29, 0.717) is 18.4 Å². The molecule has 0 aliphatic heterocycles. The summed E-state index contributed by atoms with van der Waals surface area (Å²) in [7, 11) is 1.43. The zero-order valence-electron chi connectivity index (χ0n) is 14.3. The van der Waals surface area contributed by atoms with E-state index in [0.717, 1.165) is 5.56 Å². The van der Waals surface area contributed by atoms with Crippen LogP contribution in [-0.2, 0) is 6.42 Å². The fourth-order valence-corrected chi connectivity index (χ4v) is 2.52. The highest BCUT2D eigenvalue weighted by molar-refractivity contribution is 5.44. The van der Waals surface area contributed by atoms with Gasteiger partial charge in [-0.25, -0.2) is 0 Å². The Hall–Kier alpha value is -2.44. The molecule has 0 aliphatic rings. The average molecular weight is 348 g/mol. The Morgan fingerprint density at radius 1 is 1.00 bits per heavy atom. The summed E-state index contributed by atoms with van der Waals surface area (Å²) in [5.41, 5.74) is 1.43. The van der Waals surface area contributed by atoms with Crippen molar-refractivity contribution in [3.05, 3.63) is 47.5 Å². The van der Waals surface area contributed by atoms with Crippen molar-refractivity contribution in [2.75, 3.05) is 13.7 Å². The minimum atomic E-state index is -0.969. The summed E-state index contributed by atoms with van der Waals surface area (Å²) in [6, 6.07) is 9.61. The third-order valence-electron chi connectivity index (χ3n) is 3.95. The fraction of sp³-hybridized carbons (Fsp3) is 0.368. The second-order valence-electron chi connectivity index (χ2n) is 5.83. The molecule has 0 fully saturated rings. The summed E-state index contributed by atoms with van der Waals surface area (Å²) < 4.78 is 10.7. The maximum atomic E-state index is 10.5. The van der Waals surface area contributed by atoms with E-state index in [2.05, 4.69) is 0 Å². The lowest BCUT2D eigenvalue weighted by molar-refractivity contribution is 0.0450. The number of benzene rings is 2. The molecule has 4 N–H and O–H groups in total. The molecule has 0 radical (unpaired) electrons. The summed E-state index contributed by atoms with van der Waals surface area (Å²) in [5, 5.41) is 39.0. The number of rotatable bonds is 8. The summed E-state index contributed by atoms with van der Waals surface area (Å²) >= 11 is 0. The first-order chi connectivity index (χ1) is 12.0. The molecule has 0 spiro atoms. The first-order valence-electron chi connectivity index (χ1n) is 8.10. The van der Waals surface area contributed by atoms with E-state index in [4.69, 9.17) is 14.6 Å². The third kappa shape index (κ3) is 4.78. The zero-order chi connectivity index (χ0) is 18.4. The number of phenolic OH excluding ortho intramolecular Hbond substituents is 2. The van der Waals surface area contributed by atoms with Crippen LogP contribution in [0.5, 0.6) is 23.0 Å². The van der Waals surface area contributed by atoms with Crippen LogP contribution in [0.4, 0.5) is 0 Å². The first-order valence-corrected chi connectivity index (χ1v) is 8.10. The van der Waals surface area contributed by atoms with E-state index in [1.165, 1.54) is 19.2 Å². The molecule has 2 aromatic carbocycles. The molecular formula is C19H24O6. The van der Waals surface area contributed by atoms with Crippen LogP contribution in [-0.4, -0.2) is 40.2 Å². The largest absolute Gasteiger partial charge is 0.504 e. The van der Waals surface area contributed by atoms with Gasteiger partial charge in [-0.2, -0.15) is 0 Å². The van der Waals surface area contributed by atoms with E-state index < -0.39 is 12.2 Å². The topological polar surface area (TPSA) is 99.4 Å². The highest BCUT2D eigenvalue weighted by Crippen LogP contribution is 2.33. The van der Waals surface area contributed by atoms with Crippen LogP contribution in [0.1, 0.15) is 30.6 Å². The average Bonchev–Trinajstić information content (AvgIpc) is 2.61. The first kappa shape index (κ1) is 18.9. The number of aliphatic hydroxyl groups is 2. The van der Waals surface area contributed by atoms with Crippen LogP contribution in [0.3, 0.4) is 0 Å². The molecule has 0 amide bonds. The van der Waals surface area contributed by atoms with Crippen molar-refractivity contribution in [3.8, 4) is 23.0 Å². The molecule has 0 saturated carbocycles. The van der Waals surface area contributed by atoms with Gasteiger partial charge in [0.25, 0.3) is 0 Å². The number of phenols is 2. The summed E-state index contributed by atoms with van der Waals surface area (Å²) in [6.07, 6.45) is -0.320. The van der Waals surface area contributed by atoms with Gasteiger partial charge in [0.1, 0.15) is 12.2 Å². The SMILES string of the molecule is COc1cc([C@@H](O)[C@H](C)Oc2ccc(CCCO)cc2O)ccc1O. The lowest BCUT2D eigenvalue weighted by Gasteiger charge is -2.22. The van der Waals surface area contributed by atoms with Crippen molar-refractivity contribution < 1.29 is 29.9 Å². The maximum Gasteiger partial charge on any atom is 0.161 e. The minimum absolute atomic E-state index is 0.0110. The van der Waals surface area contributed by atoms with Gasteiger partial charge in [-0.05, 0) is 55.2 Å². The van der Waals surface area contributed by atoms with E-state index in [1.807, 2.05) is 6.07 Å². The van der Waals surface area contributed by atoms with Gasteiger partial charge < -0.3 is 29.9 Å².